The Bertz CT molecular complexity index is 885. The molecule has 2 aliphatic rings. The molecule has 2 fully saturated rings. The minimum absolute atomic E-state index is 0.00108. The van der Waals surface area contributed by atoms with Crippen LogP contribution in [0.3, 0.4) is 0 Å². The highest BCUT2D eigenvalue weighted by Crippen LogP contribution is 2.28. The minimum Gasteiger partial charge on any atom is -0.336 e. The van der Waals surface area contributed by atoms with E-state index in [1.165, 1.54) is 0 Å². The number of piperazine rings is 1. The van der Waals surface area contributed by atoms with Gasteiger partial charge < -0.3 is 4.90 Å². The summed E-state index contributed by atoms with van der Waals surface area (Å²) >= 11 is 0. The second-order valence-electron chi connectivity index (χ2n) is 7.14. The first-order valence-corrected chi connectivity index (χ1v) is 10.9. The Hall–Kier alpha value is -2.26. The number of pyridine rings is 1. The molecule has 4 heterocycles. The van der Waals surface area contributed by atoms with Crippen LogP contribution in [0.5, 0.6) is 0 Å². The normalized spacial score (nSPS) is 24.7. The first kappa shape index (κ1) is 18.1. The maximum Gasteiger partial charge on any atom is 0.224 e. The molecule has 0 bridgehead atoms. The van der Waals surface area contributed by atoms with Crippen molar-refractivity contribution in [2.75, 3.05) is 24.6 Å². The van der Waals surface area contributed by atoms with Crippen molar-refractivity contribution >= 4 is 15.7 Å². The van der Waals surface area contributed by atoms with Crippen molar-refractivity contribution < 1.29 is 13.2 Å². The van der Waals surface area contributed by atoms with Gasteiger partial charge in [-0.1, -0.05) is 0 Å². The van der Waals surface area contributed by atoms with E-state index in [0.29, 0.717) is 32.6 Å². The van der Waals surface area contributed by atoms with Crippen molar-refractivity contribution in [1.82, 2.24) is 24.6 Å². The van der Waals surface area contributed by atoms with Crippen molar-refractivity contribution in [1.29, 1.82) is 0 Å². The van der Waals surface area contributed by atoms with Crippen LogP contribution in [0, 0.1) is 0 Å². The maximum absolute atomic E-state index is 12.8. The summed E-state index contributed by atoms with van der Waals surface area (Å²) in [6, 6.07) is 5.29. The average molecular weight is 389 g/mol. The van der Waals surface area contributed by atoms with E-state index >= 15 is 0 Å². The highest BCUT2D eigenvalue weighted by molar-refractivity contribution is 7.91. The number of rotatable bonds is 5. The largest absolute Gasteiger partial charge is 0.336 e. The van der Waals surface area contributed by atoms with Crippen LogP contribution in [-0.4, -0.2) is 75.6 Å². The second kappa shape index (κ2) is 7.40. The van der Waals surface area contributed by atoms with Crippen LogP contribution in [0.4, 0.5) is 0 Å². The predicted molar refractivity (Wildman–Crippen MR) is 99.4 cm³/mol. The second-order valence-corrected chi connectivity index (χ2v) is 9.30. The number of fused-ring (bicyclic) bond motifs is 1. The number of aryl methyl sites for hydroxylation is 1. The Balaban J connectivity index is 1.47. The van der Waals surface area contributed by atoms with Gasteiger partial charge in [-0.25, -0.2) is 8.42 Å². The summed E-state index contributed by atoms with van der Waals surface area (Å²) in [6.07, 6.45) is 7.32. The van der Waals surface area contributed by atoms with Gasteiger partial charge in [0.15, 0.2) is 9.84 Å². The number of sulfone groups is 1. The molecule has 144 valence electrons. The van der Waals surface area contributed by atoms with Crippen molar-refractivity contribution in [2.24, 2.45) is 0 Å². The first-order valence-electron chi connectivity index (χ1n) is 9.12. The molecule has 2 aromatic heterocycles. The van der Waals surface area contributed by atoms with Crippen LogP contribution in [0.15, 0.2) is 43.0 Å². The monoisotopic (exact) mass is 389 g/mol. The molecule has 2 saturated heterocycles. The van der Waals surface area contributed by atoms with Crippen LogP contribution >= 0.6 is 0 Å². The number of nitrogens with zero attached hydrogens (tertiary/aromatic N) is 5. The topological polar surface area (TPSA) is 88.4 Å². The summed E-state index contributed by atoms with van der Waals surface area (Å²) in [5.74, 6) is 0.171. The van der Waals surface area contributed by atoms with Gasteiger partial charge in [0.1, 0.15) is 0 Å². The van der Waals surface area contributed by atoms with Crippen molar-refractivity contribution in [3.05, 3.63) is 48.5 Å². The molecule has 0 aromatic carbocycles. The number of carbonyl (C=O) groups excluding carboxylic acids is 1. The molecule has 9 heteroatoms. The number of hydrogen-bond acceptors (Lipinski definition) is 6. The van der Waals surface area contributed by atoms with E-state index in [1.807, 2.05) is 24.4 Å². The summed E-state index contributed by atoms with van der Waals surface area (Å²) in [4.78, 5) is 20.8. The molecule has 2 atom stereocenters. The van der Waals surface area contributed by atoms with Crippen LogP contribution in [-0.2, 0) is 27.7 Å². The zero-order chi connectivity index (χ0) is 18.9. The zero-order valence-corrected chi connectivity index (χ0v) is 15.8. The fourth-order valence-corrected chi connectivity index (χ4v) is 6.05. The molecule has 2 aromatic rings. The quantitative estimate of drug-likeness (QED) is 0.725. The van der Waals surface area contributed by atoms with E-state index in [0.717, 1.165) is 5.56 Å². The number of amides is 1. The van der Waals surface area contributed by atoms with Gasteiger partial charge >= 0.3 is 0 Å². The van der Waals surface area contributed by atoms with Gasteiger partial charge in [-0.15, -0.1) is 0 Å². The maximum atomic E-state index is 12.8. The van der Waals surface area contributed by atoms with Crippen LogP contribution in [0.1, 0.15) is 12.0 Å². The fourth-order valence-electron chi connectivity index (χ4n) is 4.04. The third-order valence-electron chi connectivity index (χ3n) is 5.36. The standard InChI is InChI=1S/C18H23N5O3S/c24-18(4-9-22-8-1-5-20-22)23-11-10-21(12-15-2-6-19-7-3-15)16-13-27(25,26)14-17(16)23/h1-3,5-8,16-17H,4,9-14H2/t16-,17+/m1/s1. The highest BCUT2D eigenvalue weighted by atomic mass is 32.2. The van der Waals surface area contributed by atoms with Crippen molar-refractivity contribution in [3.63, 3.8) is 0 Å². The number of carbonyl (C=O) groups is 1. The highest BCUT2D eigenvalue weighted by Gasteiger charge is 2.47. The summed E-state index contributed by atoms with van der Waals surface area (Å²) in [6.45, 7) is 2.41. The lowest BCUT2D eigenvalue weighted by atomic mass is 10.0. The Morgan fingerprint density at radius 3 is 2.63 bits per heavy atom. The minimum atomic E-state index is -3.14. The third kappa shape index (κ3) is 4.03. The Morgan fingerprint density at radius 2 is 1.89 bits per heavy atom. The van der Waals surface area contributed by atoms with Gasteiger partial charge in [-0.05, 0) is 23.8 Å². The lowest BCUT2D eigenvalue weighted by molar-refractivity contribution is -0.137. The Kier molecular flexibility index (Phi) is 4.96. The lowest BCUT2D eigenvalue weighted by Crippen LogP contribution is -2.60. The zero-order valence-electron chi connectivity index (χ0n) is 15.0. The van der Waals surface area contributed by atoms with E-state index in [9.17, 15) is 13.2 Å². The predicted octanol–water partition coefficient (Wildman–Crippen LogP) is 0.178. The smallest absolute Gasteiger partial charge is 0.224 e. The van der Waals surface area contributed by atoms with Gasteiger partial charge in [0, 0.05) is 63.4 Å². The molecule has 0 N–H and O–H groups in total. The molecule has 1 amide bonds. The lowest BCUT2D eigenvalue weighted by Gasteiger charge is -2.44. The first-order chi connectivity index (χ1) is 13.0. The summed E-state index contributed by atoms with van der Waals surface area (Å²) in [7, 11) is -3.14. The van der Waals surface area contributed by atoms with E-state index in [1.54, 1.807) is 28.2 Å². The summed E-state index contributed by atoms with van der Waals surface area (Å²) < 4.78 is 26.4. The van der Waals surface area contributed by atoms with E-state index in [2.05, 4.69) is 15.0 Å². The molecular formula is C18H23N5O3S. The SMILES string of the molecule is O=C(CCn1cccn1)N1CCN(Cc2ccncc2)[C@@H]2CS(=O)(=O)C[C@@H]21. The molecule has 2 aliphatic heterocycles. The molecule has 0 saturated carbocycles. The molecule has 27 heavy (non-hydrogen) atoms. The van der Waals surface area contributed by atoms with Crippen molar-refractivity contribution in [3.8, 4) is 0 Å². The van der Waals surface area contributed by atoms with E-state index in [4.69, 9.17) is 0 Å². The Morgan fingerprint density at radius 1 is 1.11 bits per heavy atom. The van der Waals surface area contributed by atoms with Gasteiger partial charge in [0.25, 0.3) is 0 Å². The van der Waals surface area contributed by atoms with Crippen LogP contribution in [0.25, 0.3) is 0 Å². The number of aromatic nitrogens is 3. The molecule has 0 radical (unpaired) electrons. The molecule has 0 spiro atoms. The van der Waals surface area contributed by atoms with Crippen molar-refractivity contribution in [2.45, 2.75) is 31.6 Å². The van der Waals surface area contributed by atoms with Crippen LogP contribution in [0.2, 0.25) is 0 Å². The fraction of sp³-hybridized carbons (Fsp3) is 0.500. The Labute approximate surface area is 158 Å². The van der Waals surface area contributed by atoms with Gasteiger partial charge in [-0.2, -0.15) is 5.10 Å². The molecular weight excluding hydrogens is 366 g/mol. The average Bonchev–Trinajstić information content (AvgIpc) is 3.27. The molecule has 0 unspecified atom stereocenters. The number of hydrogen-bond donors (Lipinski definition) is 0. The van der Waals surface area contributed by atoms with Gasteiger partial charge in [-0.3, -0.25) is 19.4 Å². The van der Waals surface area contributed by atoms with Gasteiger partial charge in [0.05, 0.1) is 17.5 Å². The summed E-state index contributed by atoms with van der Waals surface area (Å²) in [5, 5.41) is 4.12. The van der Waals surface area contributed by atoms with Gasteiger partial charge in [0.2, 0.25) is 5.91 Å². The van der Waals surface area contributed by atoms with Crippen LogP contribution < -0.4 is 0 Å². The summed E-state index contributed by atoms with van der Waals surface area (Å²) in [5.41, 5.74) is 1.10. The molecule has 4 rings (SSSR count). The molecule has 0 aliphatic carbocycles. The molecule has 8 nitrogen and oxygen atoms in total. The third-order valence-corrected chi connectivity index (χ3v) is 7.06. The van der Waals surface area contributed by atoms with E-state index in [-0.39, 0.29) is 29.5 Å². The van der Waals surface area contributed by atoms with E-state index < -0.39 is 9.84 Å².